The van der Waals surface area contributed by atoms with Gasteiger partial charge in [0, 0.05) is 11.6 Å². The van der Waals surface area contributed by atoms with Crippen molar-refractivity contribution in [1.29, 1.82) is 0 Å². The van der Waals surface area contributed by atoms with Crippen LogP contribution in [0.4, 0.5) is 0 Å². The van der Waals surface area contributed by atoms with E-state index in [9.17, 15) is 18.0 Å². The van der Waals surface area contributed by atoms with Gasteiger partial charge in [-0.1, -0.05) is 6.92 Å². The zero-order valence-electron chi connectivity index (χ0n) is 13.7. The summed E-state index contributed by atoms with van der Waals surface area (Å²) in [6, 6.07) is 2.46. The van der Waals surface area contributed by atoms with E-state index in [-0.39, 0.29) is 16.5 Å². The van der Waals surface area contributed by atoms with Crippen molar-refractivity contribution in [3.8, 4) is 0 Å². The maximum absolute atomic E-state index is 12.7. The number of carbonyl (C=O) groups excluding carboxylic acids is 1. The summed E-state index contributed by atoms with van der Waals surface area (Å²) in [7, 11) is -3.97. The Morgan fingerprint density at radius 3 is 2.30 bits per heavy atom. The normalized spacial score (nSPS) is 12.7. The highest BCUT2D eigenvalue weighted by molar-refractivity contribution is 7.89. The molecular weight excluding hydrogens is 320 g/mol. The van der Waals surface area contributed by atoms with E-state index >= 15 is 0 Å². The summed E-state index contributed by atoms with van der Waals surface area (Å²) in [4.78, 5) is 24.7. The van der Waals surface area contributed by atoms with E-state index in [0.29, 0.717) is 17.5 Å². The molecular formula is C15H22N2O5S. The molecule has 0 radical (unpaired) electrons. The van der Waals surface area contributed by atoms with Crippen LogP contribution < -0.4 is 5.14 Å². The Morgan fingerprint density at radius 2 is 1.87 bits per heavy atom. The zero-order chi connectivity index (χ0) is 17.9. The summed E-state index contributed by atoms with van der Waals surface area (Å²) in [6.45, 7) is 6.40. The molecule has 3 N–H and O–H groups in total. The first-order valence-corrected chi connectivity index (χ1v) is 8.70. The Morgan fingerprint density at radius 1 is 1.30 bits per heavy atom. The van der Waals surface area contributed by atoms with Gasteiger partial charge in [-0.05, 0) is 50.5 Å². The maximum Gasteiger partial charge on any atom is 0.323 e. The molecule has 0 heterocycles. The molecule has 1 amide bonds. The summed E-state index contributed by atoms with van der Waals surface area (Å²) in [5.41, 5.74) is 1.18. The van der Waals surface area contributed by atoms with Crippen LogP contribution in [0.5, 0.6) is 0 Å². The highest BCUT2D eigenvalue weighted by Gasteiger charge is 2.25. The summed E-state index contributed by atoms with van der Waals surface area (Å²) >= 11 is 0. The molecule has 0 aromatic heterocycles. The van der Waals surface area contributed by atoms with Crippen molar-refractivity contribution < 1.29 is 23.1 Å². The first kappa shape index (κ1) is 19.1. The smallest absolute Gasteiger partial charge is 0.323 e. The first-order chi connectivity index (χ1) is 10.5. The monoisotopic (exact) mass is 342 g/mol. The Labute approximate surface area is 136 Å². The number of carbonyl (C=O) groups is 2. The largest absolute Gasteiger partial charge is 0.480 e. The highest BCUT2D eigenvalue weighted by atomic mass is 32.2. The number of primary sulfonamides is 1. The molecule has 0 aliphatic rings. The van der Waals surface area contributed by atoms with Gasteiger partial charge in [0.2, 0.25) is 10.0 Å². The van der Waals surface area contributed by atoms with Crippen molar-refractivity contribution in [1.82, 2.24) is 4.90 Å². The molecule has 0 aliphatic heterocycles. The third-order valence-corrected chi connectivity index (χ3v) is 4.90. The van der Waals surface area contributed by atoms with Crippen molar-refractivity contribution in [2.75, 3.05) is 6.54 Å². The fourth-order valence-electron chi connectivity index (χ4n) is 2.21. The van der Waals surface area contributed by atoms with E-state index in [1.165, 1.54) is 11.0 Å². The van der Waals surface area contributed by atoms with Crippen LogP contribution in [0, 0.1) is 13.8 Å². The van der Waals surface area contributed by atoms with Gasteiger partial charge >= 0.3 is 5.97 Å². The Balaban J connectivity index is 3.41. The number of amides is 1. The van der Waals surface area contributed by atoms with E-state index in [0.717, 1.165) is 0 Å². The number of benzene rings is 1. The summed E-state index contributed by atoms with van der Waals surface area (Å²) in [6.07, 6.45) is 0.575. The molecule has 1 atom stereocenters. The Kier molecular flexibility index (Phi) is 5.90. The van der Waals surface area contributed by atoms with E-state index in [2.05, 4.69) is 0 Å². The minimum absolute atomic E-state index is 0.110. The van der Waals surface area contributed by atoms with Gasteiger partial charge in [-0.25, -0.2) is 13.6 Å². The predicted molar refractivity (Wildman–Crippen MR) is 85.7 cm³/mol. The standard InChI is InChI=1S/C15H22N2O5S/c1-5-10(3)17(8-14(18)19)15(20)12-6-9(2)11(4)13(7-12)23(16,21)22/h6-7,10H,5,8H2,1-4H3,(H,18,19)(H2,16,21,22). The molecule has 0 spiro atoms. The molecule has 1 aromatic rings. The van der Waals surface area contributed by atoms with Gasteiger partial charge in [-0.2, -0.15) is 0 Å². The number of carboxylic acid groups (broad SMARTS) is 1. The molecule has 0 aliphatic carbocycles. The molecule has 1 unspecified atom stereocenters. The third-order valence-electron chi connectivity index (χ3n) is 3.86. The van der Waals surface area contributed by atoms with Gasteiger partial charge in [-0.3, -0.25) is 9.59 Å². The molecule has 7 nitrogen and oxygen atoms in total. The van der Waals surface area contributed by atoms with E-state index in [1.54, 1.807) is 26.8 Å². The van der Waals surface area contributed by atoms with Crippen LogP contribution in [0.3, 0.4) is 0 Å². The number of nitrogens with zero attached hydrogens (tertiary/aromatic N) is 1. The quantitative estimate of drug-likeness (QED) is 0.807. The number of sulfonamides is 1. The summed E-state index contributed by atoms with van der Waals surface area (Å²) in [5.74, 6) is -1.66. The van der Waals surface area contributed by atoms with E-state index in [4.69, 9.17) is 10.2 Å². The number of aryl methyl sites for hydroxylation is 1. The molecule has 8 heteroatoms. The average molecular weight is 342 g/mol. The van der Waals surface area contributed by atoms with Crippen LogP contribution in [0.15, 0.2) is 17.0 Å². The lowest BCUT2D eigenvalue weighted by Gasteiger charge is -2.27. The van der Waals surface area contributed by atoms with Crippen LogP contribution in [0.25, 0.3) is 0 Å². The van der Waals surface area contributed by atoms with Crippen molar-refractivity contribution in [2.24, 2.45) is 5.14 Å². The van der Waals surface area contributed by atoms with Crippen molar-refractivity contribution in [2.45, 2.75) is 45.1 Å². The molecule has 23 heavy (non-hydrogen) atoms. The molecule has 128 valence electrons. The van der Waals surface area contributed by atoms with E-state index < -0.39 is 28.4 Å². The lowest BCUT2D eigenvalue weighted by Crippen LogP contribution is -2.42. The van der Waals surface area contributed by atoms with Gasteiger partial charge in [-0.15, -0.1) is 0 Å². The number of hydrogen-bond acceptors (Lipinski definition) is 4. The fourth-order valence-corrected chi connectivity index (χ4v) is 3.08. The molecule has 0 saturated heterocycles. The molecule has 0 bridgehead atoms. The van der Waals surface area contributed by atoms with Crippen LogP contribution in [0.2, 0.25) is 0 Å². The Bertz CT molecular complexity index is 728. The zero-order valence-corrected chi connectivity index (χ0v) is 14.5. The van der Waals surface area contributed by atoms with Crippen molar-refractivity contribution in [3.05, 3.63) is 28.8 Å². The molecule has 0 fully saturated rings. The first-order valence-electron chi connectivity index (χ1n) is 7.15. The number of rotatable bonds is 6. The second-order valence-corrected chi connectivity index (χ2v) is 7.08. The van der Waals surface area contributed by atoms with Crippen molar-refractivity contribution >= 4 is 21.9 Å². The van der Waals surface area contributed by atoms with Crippen LogP contribution >= 0.6 is 0 Å². The predicted octanol–water partition coefficient (Wildman–Crippen LogP) is 1.28. The summed E-state index contributed by atoms with van der Waals surface area (Å²) < 4.78 is 23.4. The molecule has 0 saturated carbocycles. The highest BCUT2D eigenvalue weighted by Crippen LogP contribution is 2.22. The molecule has 1 aromatic carbocycles. The summed E-state index contributed by atoms with van der Waals surface area (Å²) in [5, 5.41) is 14.2. The lowest BCUT2D eigenvalue weighted by atomic mass is 10.0. The Hall–Kier alpha value is -1.93. The minimum Gasteiger partial charge on any atom is -0.480 e. The maximum atomic E-state index is 12.7. The van der Waals surface area contributed by atoms with Gasteiger partial charge in [0.1, 0.15) is 6.54 Å². The van der Waals surface area contributed by atoms with Gasteiger partial charge < -0.3 is 10.0 Å². The number of carboxylic acids is 1. The number of hydrogen-bond donors (Lipinski definition) is 2. The lowest BCUT2D eigenvalue weighted by molar-refractivity contribution is -0.138. The SMILES string of the molecule is CCC(C)N(CC(=O)O)C(=O)c1cc(C)c(C)c(S(N)(=O)=O)c1. The van der Waals surface area contributed by atoms with Crippen LogP contribution in [-0.2, 0) is 14.8 Å². The second kappa shape index (κ2) is 7.10. The van der Waals surface area contributed by atoms with E-state index in [1.807, 2.05) is 6.92 Å². The number of nitrogens with two attached hydrogens (primary N) is 1. The van der Waals surface area contributed by atoms with Crippen LogP contribution in [0.1, 0.15) is 41.8 Å². The molecule has 1 rings (SSSR count). The topological polar surface area (TPSA) is 118 Å². The number of aliphatic carboxylic acids is 1. The van der Waals surface area contributed by atoms with Gasteiger partial charge in [0.15, 0.2) is 0 Å². The van der Waals surface area contributed by atoms with Gasteiger partial charge in [0.05, 0.1) is 4.90 Å². The minimum atomic E-state index is -3.97. The van der Waals surface area contributed by atoms with Gasteiger partial charge in [0.25, 0.3) is 5.91 Å². The van der Waals surface area contributed by atoms with Crippen molar-refractivity contribution in [3.63, 3.8) is 0 Å². The second-order valence-electron chi connectivity index (χ2n) is 5.55. The van der Waals surface area contributed by atoms with Crippen LogP contribution in [-0.4, -0.2) is 42.9 Å². The fraction of sp³-hybridized carbons (Fsp3) is 0.467. The third kappa shape index (κ3) is 4.52. The average Bonchev–Trinajstić information content (AvgIpc) is 2.44.